The second kappa shape index (κ2) is 6.40. The molecule has 1 fully saturated rings. The van der Waals surface area contributed by atoms with Gasteiger partial charge < -0.3 is 4.90 Å². The highest BCUT2D eigenvalue weighted by Gasteiger charge is 2.26. The number of carbonyl (C=O) groups excluding carboxylic acids is 1. The van der Waals surface area contributed by atoms with Gasteiger partial charge in [-0.3, -0.25) is 4.79 Å². The first-order valence-electron chi connectivity index (χ1n) is 6.68. The average Bonchev–Trinajstić information content (AvgIpc) is 2.41. The van der Waals surface area contributed by atoms with Crippen molar-refractivity contribution in [3.05, 3.63) is 33.8 Å². The molecule has 1 aliphatic rings. The third-order valence-corrected chi connectivity index (χ3v) is 5.15. The van der Waals surface area contributed by atoms with Crippen LogP contribution in [0.15, 0.2) is 22.7 Å². The molecular formula is C15H19Br2NO. The molecule has 2 rings (SSSR count). The van der Waals surface area contributed by atoms with E-state index in [0.29, 0.717) is 10.7 Å². The number of amides is 1. The number of alkyl halides is 1. The number of likely N-dealkylation sites (tertiary alicyclic amines) is 1. The van der Waals surface area contributed by atoms with Crippen LogP contribution in [-0.4, -0.2) is 28.7 Å². The SMILES string of the molecule is Cc1ccc(Br)cc1C(=O)N1CCC(C(C)Br)CC1. The standard InChI is InChI=1S/C15H19Br2NO/c1-10-3-4-13(17)9-14(10)15(19)18-7-5-12(6-8-18)11(2)16/h3-4,9,11-12H,5-8H2,1-2H3. The maximum Gasteiger partial charge on any atom is 0.254 e. The van der Waals surface area contributed by atoms with Crippen molar-refractivity contribution in [2.45, 2.75) is 31.5 Å². The van der Waals surface area contributed by atoms with Crippen molar-refractivity contribution in [2.75, 3.05) is 13.1 Å². The van der Waals surface area contributed by atoms with Gasteiger partial charge in [-0.25, -0.2) is 0 Å². The first kappa shape index (κ1) is 15.0. The third kappa shape index (κ3) is 3.60. The van der Waals surface area contributed by atoms with Gasteiger partial charge in [0.1, 0.15) is 0 Å². The minimum absolute atomic E-state index is 0.166. The average molecular weight is 389 g/mol. The lowest BCUT2D eigenvalue weighted by Crippen LogP contribution is -2.40. The third-order valence-electron chi connectivity index (χ3n) is 3.91. The maximum atomic E-state index is 12.5. The van der Waals surface area contributed by atoms with Gasteiger partial charge in [-0.1, -0.05) is 44.8 Å². The van der Waals surface area contributed by atoms with Crippen LogP contribution in [0.4, 0.5) is 0 Å². The summed E-state index contributed by atoms with van der Waals surface area (Å²) in [7, 11) is 0. The van der Waals surface area contributed by atoms with E-state index in [0.717, 1.165) is 41.5 Å². The molecule has 0 aromatic heterocycles. The van der Waals surface area contributed by atoms with Gasteiger partial charge in [0.05, 0.1) is 0 Å². The number of hydrogen-bond donors (Lipinski definition) is 0. The van der Waals surface area contributed by atoms with E-state index >= 15 is 0 Å². The molecule has 1 unspecified atom stereocenters. The molecule has 1 amide bonds. The molecule has 1 saturated heterocycles. The summed E-state index contributed by atoms with van der Waals surface area (Å²) in [4.78, 5) is 15.1. The van der Waals surface area contributed by atoms with Gasteiger partial charge >= 0.3 is 0 Å². The molecule has 1 aliphatic heterocycles. The van der Waals surface area contributed by atoms with E-state index in [2.05, 4.69) is 38.8 Å². The molecule has 0 bridgehead atoms. The Morgan fingerprint density at radius 3 is 2.58 bits per heavy atom. The maximum absolute atomic E-state index is 12.5. The van der Waals surface area contributed by atoms with E-state index in [1.54, 1.807) is 0 Å². The van der Waals surface area contributed by atoms with E-state index in [-0.39, 0.29) is 5.91 Å². The van der Waals surface area contributed by atoms with Gasteiger partial charge in [-0.2, -0.15) is 0 Å². The van der Waals surface area contributed by atoms with Crippen LogP contribution in [0.1, 0.15) is 35.7 Å². The molecule has 1 heterocycles. The highest BCUT2D eigenvalue weighted by Crippen LogP contribution is 2.26. The number of hydrogen-bond acceptors (Lipinski definition) is 1. The summed E-state index contributed by atoms with van der Waals surface area (Å²) in [6.45, 7) is 5.92. The molecular weight excluding hydrogens is 370 g/mol. The molecule has 0 saturated carbocycles. The second-order valence-electron chi connectivity index (χ2n) is 5.27. The summed E-state index contributed by atoms with van der Waals surface area (Å²) >= 11 is 7.09. The molecule has 1 aromatic rings. The van der Waals surface area contributed by atoms with Gasteiger partial charge in [0.25, 0.3) is 5.91 Å². The molecule has 0 aliphatic carbocycles. The Kier molecular flexibility index (Phi) is 5.07. The van der Waals surface area contributed by atoms with Crippen LogP contribution >= 0.6 is 31.9 Å². The molecule has 19 heavy (non-hydrogen) atoms. The molecule has 0 spiro atoms. The molecule has 4 heteroatoms. The number of nitrogens with zero attached hydrogens (tertiary/aromatic N) is 1. The van der Waals surface area contributed by atoms with E-state index in [9.17, 15) is 4.79 Å². The van der Waals surface area contributed by atoms with Gasteiger partial charge in [0, 0.05) is 28.0 Å². The van der Waals surface area contributed by atoms with Gasteiger partial charge in [-0.15, -0.1) is 0 Å². The fourth-order valence-corrected chi connectivity index (χ4v) is 3.45. The van der Waals surface area contributed by atoms with E-state index < -0.39 is 0 Å². The highest BCUT2D eigenvalue weighted by molar-refractivity contribution is 9.10. The molecule has 1 atom stereocenters. The van der Waals surface area contributed by atoms with Crippen molar-refractivity contribution in [3.63, 3.8) is 0 Å². The second-order valence-corrected chi connectivity index (χ2v) is 7.63. The summed E-state index contributed by atoms with van der Waals surface area (Å²) in [6.07, 6.45) is 2.18. The number of benzene rings is 1. The van der Waals surface area contributed by atoms with Crippen LogP contribution < -0.4 is 0 Å². The Morgan fingerprint density at radius 1 is 1.37 bits per heavy atom. The Morgan fingerprint density at radius 2 is 2.00 bits per heavy atom. The fourth-order valence-electron chi connectivity index (χ4n) is 2.56. The van der Waals surface area contributed by atoms with Gasteiger partial charge in [0.2, 0.25) is 0 Å². The van der Waals surface area contributed by atoms with Gasteiger partial charge in [-0.05, 0) is 43.4 Å². The smallest absolute Gasteiger partial charge is 0.254 e. The molecule has 1 aromatic carbocycles. The zero-order chi connectivity index (χ0) is 14.0. The Labute approximate surface area is 131 Å². The quantitative estimate of drug-likeness (QED) is 0.688. The predicted octanol–water partition coefficient (Wildman–Crippen LogP) is 4.39. The Bertz CT molecular complexity index is 465. The molecule has 0 radical (unpaired) electrons. The minimum atomic E-state index is 0.166. The number of halogens is 2. The van der Waals surface area contributed by atoms with Crippen molar-refractivity contribution in [2.24, 2.45) is 5.92 Å². The summed E-state index contributed by atoms with van der Waals surface area (Å²) in [5.41, 5.74) is 1.86. The Hall–Kier alpha value is -0.350. The first-order valence-corrected chi connectivity index (χ1v) is 8.39. The van der Waals surface area contributed by atoms with E-state index in [4.69, 9.17) is 0 Å². The number of carbonyl (C=O) groups is 1. The van der Waals surface area contributed by atoms with Crippen LogP contribution in [0.2, 0.25) is 0 Å². The predicted molar refractivity (Wildman–Crippen MR) is 85.9 cm³/mol. The van der Waals surface area contributed by atoms with Gasteiger partial charge in [0.15, 0.2) is 0 Å². The minimum Gasteiger partial charge on any atom is -0.339 e. The zero-order valence-electron chi connectivity index (χ0n) is 11.3. The lowest BCUT2D eigenvalue weighted by molar-refractivity contribution is 0.0690. The summed E-state index contributed by atoms with van der Waals surface area (Å²) in [5, 5.41) is 0. The lowest BCUT2D eigenvalue weighted by atomic mass is 9.93. The fraction of sp³-hybridized carbons (Fsp3) is 0.533. The Balaban J connectivity index is 2.07. The van der Waals surface area contributed by atoms with Crippen LogP contribution in [0.3, 0.4) is 0 Å². The van der Waals surface area contributed by atoms with Crippen molar-refractivity contribution in [1.29, 1.82) is 0 Å². The summed E-state index contributed by atoms with van der Waals surface area (Å²) < 4.78 is 0.963. The van der Waals surface area contributed by atoms with E-state index in [1.165, 1.54) is 0 Å². The van der Waals surface area contributed by atoms with Crippen molar-refractivity contribution in [3.8, 4) is 0 Å². The highest BCUT2D eigenvalue weighted by atomic mass is 79.9. The monoisotopic (exact) mass is 387 g/mol. The van der Waals surface area contributed by atoms with Crippen LogP contribution in [0.25, 0.3) is 0 Å². The first-order chi connectivity index (χ1) is 8.99. The van der Waals surface area contributed by atoms with Crippen LogP contribution in [0.5, 0.6) is 0 Å². The molecule has 104 valence electrons. The van der Waals surface area contributed by atoms with E-state index in [1.807, 2.05) is 30.0 Å². The van der Waals surface area contributed by atoms with Crippen molar-refractivity contribution >= 4 is 37.8 Å². The van der Waals surface area contributed by atoms with Crippen molar-refractivity contribution < 1.29 is 4.79 Å². The summed E-state index contributed by atoms with van der Waals surface area (Å²) in [6, 6.07) is 5.90. The largest absolute Gasteiger partial charge is 0.339 e. The number of aryl methyl sites for hydroxylation is 1. The number of piperidine rings is 1. The zero-order valence-corrected chi connectivity index (χ0v) is 14.5. The van der Waals surface area contributed by atoms with Crippen LogP contribution in [-0.2, 0) is 0 Å². The summed E-state index contributed by atoms with van der Waals surface area (Å²) in [5.74, 6) is 0.854. The number of rotatable bonds is 2. The molecule has 0 N–H and O–H groups in total. The van der Waals surface area contributed by atoms with Crippen molar-refractivity contribution in [1.82, 2.24) is 4.90 Å². The lowest BCUT2D eigenvalue weighted by Gasteiger charge is -2.33. The topological polar surface area (TPSA) is 20.3 Å². The van der Waals surface area contributed by atoms with Crippen LogP contribution in [0, 0.1) is 12.8 Å². The molecule has 2 nitrogen and oxygen atoms in total. The normalized spacial score (nSPS) is 18.4.